The lowest BCUT2D eigenvalue weighted by atomic mass is 9.77. The molecular formula is C25H34FN7. The molecule has 8 heteroatoms. The molecular weight excluding hydrogens is 417 g/mol. The second kappa shape index (κ2) is 8.41. The standard InChI is InChI=1S/C25H34FN7/c1-16-8-9-18(10-20(16)17-13-28-32(6)15-17)30-23-27-14-21(26)22(31-23)29-19-11-24(2,3)33(7)25(4,5)12-19/h8-10,13-15,19H,11-12H2,1-7H3,(H2,27,29,30,31). The van der Waals surface area contributed by atoms with E-state index >= 15 is 0 Å². The van der Waals surface area contributed by atoms with Crippen molar-refractivity contribution in [3.8, 4) is 11.1 Å². The number of hydrogen-bond donors (Lipinski definition) is 2. The average molecular weight is 452 g/mol. The number of rotatable bonds is 5. The molecule has 0 radical (unpaired) electrons. The van der Waals surface area contributed by atoms with Gasteiger partial charge in [-0.2, -0.15) is 10.1 Å². The monoisotopic (exact) mass is 451 g/mol. The fraction of sp³-hybridized carbons (Fsp3) is 0.480. The Labute approximate surface area is 195 Å². The number of nitrogens with zero attached hydrogens (tertiary/aromatic N) is 5. The Hall–Kier alpha value is -3.00. The van der Waals surface area contributed by atoms with Gasteiger partial charge in [0.15, 0.2) is 11.6 Å². The highest BCUT2D eigenvalue weighted by Crippen LogP contribution is 2.38. The molecule has 1 fully saturated rings. The van der Waals surface area contributed by atoms with Crippen LogP contribution in [0.2, 0.25) is 0 Å². The van der Waals surface area contributed by atoms with Crippen molar-refractivity contribution in [3.63, 3.8) is 0 Å². The van der Waals surface area contributed by atoms with E-state index in [1.165, 1.54) is 6.20 Å². The first-order chi connectivity index (χ1) is 15.4. The van der Waals surface area contributed by atoms with Crippen molar-refractivity contribution in [2.45, 2.75) is 64.6 Å². The molecule has 0 bridgehead atoms. The maximum Gasteiger partial charge on any atom is 0.229 e. The van der Waals surface area contributed by atoms with Crippen LogP contribution in [-0.2, 0) is 7.05 Å². The average Bonchev–Trinajstić information content (AvgIpc) is 3.16. The summed E-state index contributed by atoms with van der Waals surface area (Å²) in [6.07, 6.45) is 6.83. The zero-order valence-electron chi connectivity index (χ0n) is 20.6. The first-order valence-electron chi connectivity index (χ1n) is 11.3. The van der Waals surface area contributed by atoms with E-state index < -0.39 is 5.82 Å². The first kappa shape index (κ1) is 23.2. The van der Waals surface area contributed by atoms with Crippen LogP contribution < -0.4 is 10.6 Å². The normalized spacial score (nSPS) is 18.3. The van der Waals surface area contributed by atoms with E-state index in [1.54, 1.807) is 4.68 Å². The quantitative estimate of drug-likeness (QED) is 0.560. The van der Waals surface area contributed by atoms with Gasteiger partial charge in [-0.25, -0.2) is 9.37 Å². The Morgan fingerprint density at radius 3 is 2.39 bits per heavy atom. The third-order valence-corrected chi connectivity index (χ3v) is 6.90. The molecule has 7 nitrogen and oxygen atoms in total. The van der Waals surface area contributed by atoms with Crippen molar-refractivity contribution in [2.75, 3.05) is 17.7 Å². The minimum atomic E-state index is -0.449. The van der Waals surface area contributed by atoms with E-state index in [1.807, 2.05) is 37.6 Å². The lowest BCUT2D eigenvalue weighted by Crippen LogP contribution is -2.61. The number of hydrogen-bond acceptors (Lipinski definition) is 6. The van der Waals surface area contributed by atoms with Gasteiger partial charge in [0.05, 0.1) is 12.4 Å². The topological polar surface area (TPSA) is 70.9 Å². The summed E-state index contributed by atoms with van der Waals surface area (Å²) in [6, 6.07) is 6.15. The minimum absolute atomic E-state index is 0.00536. The van der Waals surface area contributed by atoms with E-state index in [0.717, 1.165) is 35.2 Å². The number of anilines is 3. The van der Waals surface area contributed by atoms with Crippen LogP contribution in [0.5, 0.6) is 0 Å². The highest BCUT2D eigenvalue weighted by atomic mass is 19.1. The van der Waals surface area contributed by atoms with Crippen LogP contribution in [0, 0.1) is 12.7 Å². The van der Waals surface area contributed by atoms with Gasteiger partial charge < -0.3 is 10.6 Å². The molecule has 1 saturated heterocycles. The summed E-state index contributed by atoms with van der Waals surface area (Å²) in [5, 5.41) is 10.8. The SMILES string of the molecule is Cc1ccc(Nc2ncc(F)c(NC3CC(C)(C)N(C)C(C)(C)C3)n2)cc1-c1cnn(C)c1. The van der Waals surface area contributed by atoms with Crippen LogP contribution in [0.3, 0.4) is 0 Å². The smallest absolute Gasteiger partial charge is 0.229 e. The van der Waals surface area contributed by atoms with Crippen molar-refractivity contribution in [1.29, 1.82) is 0 Å². The fourth-order valence-corrected chi connectivity index (χ4v) is 4.90. The fourth-order valence-electron chi connectivity index (χ4n) is 4.90. The Morgan fingerprint density at radius 2 is 1.76 bits per heavy atom. The van der Waals surface area contributed by atoms with Gasteiger partial charge in [0.1, 0.15) is 0 Å². The number of aryl methyl sites for hydroxylation is 2. The van der Waals surface area contributed by atoms with Crippen LogP contribution in [0.25, 0.3) is 11.1 Å². The molecule has 3 heterocycles. The third-order valence-electron chi connectivity index (χ3n) is 6.90. The molecule has 0 unspecified atom stereocenters. The number of halogens is 1. The molecule has 2 N–H and O–H groups in total. The molecule has 0 spiro atoms. The molecule has 2 aromatic heterocycles. The second-order valence-electron chi connectivity index (χ2n) is 10.4. The van der Waals surface area contributed by atoms with Gasteiger partial charge >= 0.3 is 0 Å². The largest absolute Gasteiger partial charge is 0.365 e. The molecule has 0 amide bonds. The van der Waals surface area contributed by atoms with Gasteiger partial charge in [0, 0.05) is 41.6 Å². The molecule has 4 rings (SSSR count). The summed E-state index contributed by atoms with van der Waals surface area (Å²) < 4.78 is 16.4. The molecule has 176 valence electrons. The molecule has 1 aliphatic rings. The molecule has 0 saturated carbocycles. The highest BCUT2D eigenvalue weighted by molar-refractivity contribution is 5.72. The number of benzene rings is 1. The summed E-state index contributed by atoms with van der Waals surface area (Å²) in [6.45, 7) is 11.0. The van der Waals surface area contributed by atoms with Gasteiger partial charge in [-0.1, -0.05) is 6.07 Å². The summed E-state index contributed by atoms with van der Waals surface area (Å²) in [7, 11) is 4.05. The Bertz CT molecular complexity index is 1130. The number of likely N-dealkylation sites (tertiary alicyclic amines) is 1. The maximum absolute atomic E-state index is 14.6. The lowest BCUT2D eigenvalue weighted by molar-refractivity contribution is -0.00778. The van der Waals surface area contributed by atoms with Crippen molar-refractivity contribution in [2.24, 2.45) is 7.05 Å². The van der Waals surface area contributed by atoms with E-state index in [0.29, 0.717) is 5.95 Å². The summed E-state index contributed by atoms with van der Waals surface area (Å²) >= 11 is 0. The molecule has 1 aromatic carbocycles. The predicted molar refractivity (Wildman–Crippen MR) is 131 cm³/mol. The molecule has 3 aromatic rings. The van der Waals surface area contributed by atoms with Gasteiger partial charge in [-0.3, -0.25) is 9.58 Å². The van der Waals surface area contributed by atoms with Crippen molar-refractivity contribution >= 4 is 17.5 Å². The van der Waals surface area contributed by atoms with Crippen molar-refractivity contribution in [1.82, 2.24) is 24.6 Å². The zero-order valence-corrected chi connectivity index (χ0v) is 20.6. The molecule has 0 atom stereocenters. The molecule has 33 heavy (non-hydrogen) atoms. The predicted octanol–water partition coefficient (Wildman–Crippen LogP) is 5.13. The van der Waals surface area contributed by atoms with Crippen molar-refractivity contribution < 1.29 is 4.39 Å². The van der Waals surface area contributed by atoms with E-state index in [9.17, 15) is 4.39 Å². The number of piperidine rings is 1. The summed E-state index contributed by atoms with van der Waals surface area (Å²) in [5.41, 5.74) is 4.07. The van der Waals surface area contributed by atoms with E-state index in [-0.39, 0.29) is 22.9 Å². The number of nitrogens with one attached hydrogen (secondary N) is 2. The van der Waals surface area contributed by atoms with Gasteiger partial charge in [0.25, 0.3) is 0 Å². The Kier molecular flexibility index (Phi) is 5.90. The van der Waals surface area contributed by atoms with Crippen molar-refractivity contribution in [3.05, 3.63) is 48.2 Å². The lowest BCUT2D eigenvalue weighted by Gasteiger charge is -2.53. The van der Waals surface area contributed by atoms with Crippen LogP contribution in [0.1, 0.15) is 46.1 Å². The van der Waals surface area contributed by atoms with Gasteiger partial charge in [0.2, 0.25) is 5.95 Å². The Morgan fingerprint density at radius 1 is 1.06 bits per heavy atom. The van der Waals surface area contributed by atoms with E-state index in [4.69, 9.17) is 0 Å². The zero-order chi connectivity index (χ0) is 24.0. The number of aromatic nitrogens is 4. The second-order valence-corrected chi connectivity index (χ2v) is 10.4. The van der Waals surface area contributed by atoms with Crippen LogP contribution in [-0.4, -0.2) is 48.8 Å². The first-order valence-corrected chi connectivity index (χ1v) is 11.3. The van der Waals surface area contributed by atoms with Crippen LogP contribution in [0.4, 0.5) is 21.8 Å². The summed E-state index contributed by atoms with van der Waals surface area (Å²) in [5.74, 6) is 0.134. The van der Waals surface area contributed by atoms with Gasteiger partial charge in [-0.05, 0) is 77.8 Å². The Balaban J connectivity index is 1.55. The summed E-state index contributed by atoms with van der Waals surface area (Å²) in [4.78, 5) is 11.0. The maximum atomic E-state index is 14.6. The van der Waals surface area contributed by atoms with Gasteiger partial charge in [-0.15, -0.1) is 0 Å². The third kappa shape index (κ3) is 4.85. The van der Waals surface area contributed by atoms with Crippen LogP contribution in [0.15, 0.2) is 36.8 Å². The van der Waals surface area contributed by atoms with Crippen LogP contribution >= 0.6 is 0 Å². The minimum Gasteiger partial charge on any atom is -0.365 e. The highest BCUT2D eigenvalue weighted by Gasteiger charge is 2.43. The molecule has 1 aliphatic heterocycles. The molecule has 0 aliphatic carbocycles. The van der Waals surface area contributed by atoms with E-state index in [2.05, 4.69) is 72.3 Å².